The minimum Gasteiger partial charge on any atom is -0.383 e. The molecule has 0 saturated carbocycles. The fraction of sp³-hybridized carbons (Fsp3) is 0.231. The van der Waals surface area contributed by atoms with E-state index in [9.17, 15) is 9.59 Å². The number of thioether (sulfide) groups is 1. The number of rotatable bonds is 4. The summed E-state index contributed by atoms with van der Waals surface area (Å²) in [6.45, 7) is 3.62. The lowest BCUT2D eigenvalue weighted by Crippen LogP contribution is -2.16. The van der Waals surface area contributed by atoms with E-state index in [0.717, 1.165) is 29.1 Å². The molecule has 0 atom stereocenters. The fourth-order valence-corrected chi connectivity index (χ4v) is 2.47. The van der Waals surface area contributed by atoms with Crippen molar-refractivity contribution in [3.8, 4) is 6.07 Å². The normalized spacial score (nSPS) is 10.2. The van der Waals surface area contributed by atoms with Crippen LogP contribution in [0.4, 0.5) is 11.6 Å². The van der Waals surface area contributed by atoms with Gasteiger partial charge in [-0.1, -0.05) is 11.8 Å². The minimum atomic E-state index is -0.377. The maximum absolute atomic E-state index is 11.9. The summed E-state index contributed by atoms with van der Waals surface area (Å²) in [5, 5.41) is 12.0. The van der Waals surface area contributed by atoms with Crippen molar-refractivity contribution in [1.82, 2.24) is 15.0 Å². The number of aromatic nitrogens is 3. The maximum Gasteiger partial charge on any atom is 0.253 e. The van der Waals surface area contributed by atoms with E-state index < -0.39 is 0 Å². The summed E-state index contributed by atoms with van der Waals surface area (Å²) in [7, 11) is 0. The van der Waals surface area contributed by atoms with Gasteiger partial charge >= 0.3 is 0 Å². The van der Waals surface area contributed by atoms with Crippen molar-refractivity contribution >= 4 is 29.3 Å². The van der Waals surface area contributed by atoms with Gasteiger partial charge < -0.3 is 21.0 Å². The number of H-pyrrole nitrogens is 2. The van der Waals surface area contributed by atoms with Gasteiger partial charge in [-0.25, -0.2) is 4.98 Å². The number of nitrogen functional groups attached to an aromatic ring is 1. The van der Waals surface area contributed by atoms with E-state index in [4.69, 9.17) is 11.0 Å². The lowest BCUT2D eigenvalue weighted by Gasteiger charge is -2.04. The van der Waals surface area contributed by atoms with Gasteiger partial charge in [-0.05, 0) is 19.4 Å². The number of nitrogens with zero attached hydrogens (tertiary/aromatic N) is 2. The van der Waals surface area contributed by atoms with Gasteiger partial charge in [0.2, 0.25) is 5.91 Å². The number of hydrogen-bond acceptors (Lipinski definition) is 6. The van der Waals surface area contributed by atoms with E-state index in [1.807, 2.05) is 13.0 Å². The van der Waals surface area contributed by atoms with Crippen molar-refractivity contribution in [2.75, 3.05) is 16.8 Å². The number of nitriles is 1. The lowest BCUT2D eigenvalue weighted by atomic mass is 10.2. The molecule has 0 fully saturated rings. The van der Waals surface area contributed by atoms with Gasteiger partial charge in [-0.2, -0.15) is 5.26 Å². The van der Waals surface area contributed by atoms with E-state index in [1.54, 1.807) is 6.92 Å². The molecular weight excluding hydrogens is 304 g/mol. The maximum atomic E-state index is 11.9. The number of hydrogen-bond donors (Lipinski definition) is 4. The lowest BCUT2D eigenvalue weighted by molar-refractivity contribution is -0.113. The average Bonchev–Trinajstić information content (AvgIpc) is 2.70. The van der Waals surface area contributed by atoms with Crippen LogP contribution in [0.25, 0.3) is 0 Å². The number of carbonyl (C=O) groups excluding carboxylic acids is 1. The van der Waals surface area contributed by atoms with Crippen LogP contribution < -0.4 is 16.6 Å². The number of aryl methyl sites for hydroxylation is 1. The number of carbonyl (C=O) groups is 1. The molecule has 9 heteroatoms. The Balaban J connectivity index is 2.03. The predicted octanol–water partition coefficient (Wildman–Crippen LogP) is 0.900. The van der Waals surface area contributed by atoms with Crippen molar-refractivity contribution in [2.24, 2.45) is 0 Å². The Hall–Kier alpha value is -2.73. The van der Waals surface area contributed by atoms with Gasteiger partial charge in [0.25, 0.3) is 5.56 Å². The monoisotopic (exact) mass is 318 g/mol. The van der Waals surface area contributed by atoms with Crippen molar-refractivity contribution in [1.29, 1.82) is 5.26 Å². The molecule has 114 valence electrons. The summed E-state index contributed by atoms with van der Waals surface area (Å²) >= 11 is 1.05. The minimum absolute atomic E-state index is 0.0222. The van der Waals surface area contributed by atoms with Gasteiger partial charge in [-0.3, -0.25) is 9.59 Å². The Labute approximate surface area is 130 Å². The van der Waals surface area contributed by atoms with E-state index in [0.29, 0.717) is 11.4 Å². The quantitative estimate of drug-likeness (QED) is 0.487. The van der Waals surface area contributed by atoms with E-state index in [-0.39, 0.29) is 28.2 Å². The molecule has 0 spiro atoms. The second-order valence-corrected chi connectivity index (χ2v) is 5.51. The first-order valence-electron chi connectivity index (χ1n) is 6.29. The zero-order valence-electron chi connectivity index (χ0n) is 12.0. The first kappa shape index (κ1) is 15.7. The molecule has 8 nitrogen and oxygen atoms in total. The molecule has 2 aromatic heterocycles. The molecule has 2 rings (SSSR count). The van der Waals surface area contributed by atoms with Crippen LogP contribution in [0.1, 0.15) is 16.8 Å². The van der Waals surface area contributed by atoms with E-state index in [2.05, 4.69) is 20.3 Å². The Morgan fingerprint density at radius 3 is 2.86 bits per heavy atom. The third-order valence-electron chi connectivity index (χ3n) is 2.96. The van der Waals surface area contributed by atoms with Gasteiger partial charge in [-0.15, -0.1) is 0 Å². The molecule has 0 bridgehead atoms. The average molecular weight is 318 g/mol. The largest absolute Gasteiger partial charge is 0.383 e. The van der Waals surface area contributed by atoms with Crippen LogP contribution in [-0.2, 0) is 4.79 Å². The van der Waals surface area contributed by atoms with Crippen molar-refractivity contribution in [3.63, 3.8) is 0 Å². The second-order valence-electron chi connectivity index (χ2n) is 4.55. The second kappa shape index (κ2) is 6.36. The number of anilines is 2. The Morgan fingerprint density at radius 2 is 2.23 bits per heavy atom. The highest BCUT2D eigenvalue weighted by atomic mass is 32.2. The first-order valence-corrected chi connectivity index (χ1v) is 7.28. The van der Waals surface area contributed by atoms with Crippen LogP contribution in [0.2, 0.25) is 0 Å². The highest BCUT2D eigenvalue weighted by Crippen LogP contribution is 2.21. The van der Waals surface area contributed by atoms with Crippen molar-refractivity contribution < 1.29 is 4.79 Å². The van der Waals surface area contributed by atoms with Crippen LogP contribution in [0.5, 0.6) is 0 Å². The fourth-order valence-electron chi connectivity index (χ4n) is 1.78. The molecule has 0 unspecified atom stereocenters. The van der Waals surface area contributed by atoms with Crippen LogP contribution in [-0.4, -0.2) is 26.6 Å². The van der Waals surface area contributed by atoms with Gasteiger partial charge in [0.05, 0.1) is 11.3 Å². The molecule has 1 amide bonds. The zero-order valence-corrected chi connectivity index (χ0v) is 12.8. The summed E-state index contributed by atoms with van der Waals surface area (Å²) in [6, 6.07) is 3.21. The summed E-state index contributed by atoms with van der Waals surface area (Å²) in [4.78, 5) is 32.5. The first-order chi connectivity index (χ1) is 10.4. The van der Waals surface area contributed by atoms with Crippen LogP contribution in [0, 0.1) is 25.2 Å². The standard InChI is InChI=1S/C13H14N6O2S/c1-6-7(2)16-12(8(6)4-14)18-11(21)5-22-13-17-9(15)3-10(20)19-13/h3,16H,5H2,1-2H3,(H,18,21)(H3,15,17,19,20). The van der Waals surface area contributed by atoms with Crippen molar-refractivity contribution in [3.05, 3.63) is 33.2 Å². The van der Waals surface area contributed by atoms with Gasteiger partial charge in [0.1, 0.15) is 17.7 Å². The van der Waals surface area contributed by atoms with Crippen molar-refractivity contribution in [2.45, 2.75) is 19.0 Å². The molecule has 5 N–H and O–H groups in total. The molecule has 0 radical (unpaired) electrons. The molecular formula is C13H14N6O2S. The number of nitrogens with two attached hydrogens (primary N) is 1. The molecule has 2 heterocycles. The molecule has 2 aromatic rings. The molecule has 0 aromatic carbocycles. The molecule has 0 aliphatic heterocycles. The Bertz CT molecular complexity index is 817. The Morgan fingerprint density at radius 1 is 1.50 bits per heavy atom. The highest BCUT2D eigenvalue weighted by Gasteiger charge is 2.14. The predicted molar refractivity (Wildman–Crippen MR) is 83.6 cm³/mol. The van der Waals surface area contributed by atoms with Crippen LogP contribution in [0.3, 0.4) is 0 Å². The molecule has 0 aliphatic carbocycles. The number of aromatic amines is 2. The zero-order chi connectivity index (χ0) is 16.3. The van der Waals surface area contributed by atoms with E-state index >= 15 is 0 Å². The van der Waals surface area contributed by atoms with Gasteiger partial charge in [0, 0.05) is 11.8 Å². The number of nitrogens with one attached hydrogen (secondary N) is 3. The Kier molecular flexibility index (Phi) is 4.53. The third kappa shape index (κ3) is 3.48. The summed E-state index contributed by atoms with van der Waals surface area (Å²) < 4.78 is 0. The number of amides is 1. The molecule has 22 heavy (non-hydrogen) atoms. The van der Waals surface area contributed by atoms with Crippen LogP contribution in [0.15, 0.2) is 16.0 Å². The topological polar surface area (TPSA) is 140 Å². The molecule has 0 saturated heterocycles. The summed E-state index contributed by atoms with van der Waals surface area (Å²) in [6.07, 6.45) is 0. The van der Waals surface area contributed by atoms with E-state index in [1.165, 1.54) is 0 Å². The third-order valence-corrected chi connectivity index (χ3v) is 3.83. The van der Waals surface area contributed by atoms with Crippen LogP contribution >= 0.6 is 11.8 Å². The summed E-state index contributed by atoms with van der Waals surface area (Å²) in [5.74, 6) is 0.160. The summed E-state index contributed by atoms with van der Waals surface area (Å²) in [5.41, 5.74) is 7.11. The SMILES string of the molecule is Cc1[nH]c(NC(=O)CSc2nc(N)cc(=O)[nH]2)c(C#N)c1C. The van der Waals surface area contributed by atoms with Gasteiger partial charge in [0.15, 0.2) is 5.16 Å². The smallest absolute Gasteiger partial charge is 0.253 e. The molecule has 0 aliphatic rings. The highest BCUT2D eigenvalue weighted by molar-refractivity contribution is 7.99.